The molecule has 1 heterocycles. The minimum absolute atomic E-state index is 0.167. The average Bonchev–Trinajstić information content (AvgIpc) is 2.66. The Morgan fingerprint density at radius 1 is 1.22 bits per heavy atom. The molecule has 1 aromatic carbocycles. The van der Waals surface area contributed by atoms with E-state index in [2.05, 4.69) is 55.7 Å². The molecule has 1 aliphatic heterocycles. The number of benzene rings is 1. The van der Waals surface area contributed by atoms with Crippen molar-refractivity contribution in [3.8, 4) is 0 Å². The predicted molar refractivity (Wildman–Crippen MR) is 112 cm³/mol. The summed E-state index contributed by atoms with van der Waals surface area (Å²) in [5.41, 5.74) is 2.58. The summed E-state index contributed by atoms with van der Waals surface area (Å²) in [6.07, 6.45) is 4.06. The Labute approximate surface area is 164 Å². The first-order valence-corrected chi connectivity index (χ1v) is 11.8. The summed E-state index contributed by atoms with van der Waals surface area (Å²) in [4.78, 5) is 4.75. The average molecular weight is 395 g/mol. The van der Waals surface area contributed by atoms with Gasteiger partial charge in [-0.2, -0.15) is 0 Å². The molecule has 0 aromatic heterocycles. The molecule has 1 unspecified atom stereocenters. The third-order valence-electron chi connectivity index (χ3n) is 5.14. The summed E-state index contributed by atoms with van der Waals surface area (Å²) in [5.74, 6) is 1.24. The number of aliphatic imine (C=N–C) groups is 1. The van der Waals surface area contributed by atoms with E-state index in [0.717, 1.165) is 31.8 Å². The van der Waals surface area contributed by atoms with Gasteiger partial charge >= 0.3 is 0 Å². The van der Waals surface area contributed by atoms with Gasteiger partial charge in [-0.3, -0.25) is 4.99 Å². The van der Waals surface area contributed by atoms with Crippen molar-refractivity contribution in [3.63, 3.8) is 0 Å². The van der Waals surface area contributed by atoms with Crippen LogP contribution < -0.4 is 10.6 Å². The predicted octanol–water partition coefficient (Wildman–Crippen LogP) is 2.54. The van der Waals surface area contributed by atoms with Crippen LogP contribution in [0, 0.1) is 5.92 Å². The lowest BCUT2D eigenvalue weighted by atomic mass is 9.98. The van der Waals surface area contributed by atoms with Crippen LogP contribution in [0.25, 0.3) is 0 Å². The third-order valence-corrected chi connectivity index (χ3v) is 6.44. The van der Waals surface area contributed by atoms with Crippen LogP contribution in [0.2, 0.25) is 0 Å². The molecule has 0 amide bonds. The highest BCUT2D eigenvalue weighted by Crippen LogP contribution is 2.19. The normalized spacial score (nSPS) is 18.3. The first-order chi connectivity index (χ1) is 12.8. The van der Waals surface area contributed by atoms with Gasteiger partial charge in [0.2, 0.25) is 10.0 Å². The summed E-state index contributed by atoms with van der Waals surface area (Å²) in [6, 6.07) is 8.85. The first kappa shape index (κ1) is 21.7. The lowest BCUT2D eigenvalue weighted by molar-refractivity contribution is 0.280. The van der Waals surface area contributed by atoms with Gasteiger partial charge in [0, 0.05) is 26.2 Å². The molecular formula is C20H34N4O2S. The minimum atomic E-state index is -3.07. The maximum absolute atomic E-state index is 11.6. The number of hydrogen-bond acceptors (Lipinski definition) is 3. The molecule has 1 saturated heterocycles. The van der Waals surface area contributed by atoms with Gasteiger partial charge in [-0.15, -0.1) is 0 Å². The number of rotatable bonds is 7. The highest BCUT2D eigenvalue weighted by molar-refractivity contribution is 7.88. The Morgan fingerprint density at radius 3 is 2.37 bits per heavy atom. The molecule has 0 saturated carbocycles. The Kier molecular flexibility index (Phi) is 8.10. The van der Waals surface area contributed by atoms with Crippen molar-refractivity contribution in [1.82, 2.24) is 14.9 Å². The molecule has 2 N–H and O–H groups in total. The van der Waals surface area contributed by atoms with Gasteiger partial charge in [0.15, 0.2) is 5.96 Å². The quantitative estimate of drug-likeness (QED) is 0.551. The molecule has 1 atom stereocenters. The lowest BCUT2D eigenvalue weighted by Crippen LogP contribution is -2.40. The fourth-order valence-electron chi connectivity index (χ4n) is 3.29. The number of aryl methyl sites for hydroxylation is 1. The SMILES string of the molecule is CCNC(=NCC1CCN(S(C)(=O)=O)CC1)NC(C)c1ccc(CC)cc1. The second-order valence-electron chi connectivity index (χ2n) is 7.29. The Bertz CT molecular complexity index is 708. The molecule has 0 aliphatic carbocycles. The van der Waals surface area contributed by atoms with E-state index in [9.17, 15) is 8.42 Å². The highest BCUT2D eigenvalue weighted by atomic mass is 32.2. The van der Waals surface area contributed by atoms with Crippen molar-refractivity contribution in [2.24, 2.45) is 10.9 Å². The first-order valence-electron chi connectivity index (χ1n) is 9.92. The van der Waals surface area contributed by atoms with Gasteiger partial charge in [-0.1, -0.05) is 31.2 Å². The van der Waals surface area contributed by atoms with Crippen LogP contribution in [0.1, 0.15) is 50.8 Å². The van der Waals surface area contributed by atoms with Crippen molar-refractivity contribution < 1.29 is 8.42 Å². The minimum Gasteiger partial charge on any atom is -0.357 e. The van der Waals surface area contributed by atoms with E-state index in [0.29, 0.717) is 25.6 Å². The molecule has 0 bridgehead atoms. The Morgan fingerprint density at radius 2 is 1.85 bits per heavy atom. The van der Waals surface area contributed by atoms with Gasteiger partial charge in [-0.25, -0.2) is 12.7 Å². The third kappa shape index (κ3) is 6.81. The second-order valence-corrected chi connectivity index (χ2v) is 9.27. The molecule has 152 valence electrons. The van der Waals surface area contributed by atoms with Crippen LogP contribution in [0.4, 0.5) is 0 Å². The van der Waals surface area contributed by atoms with Crippen molar-refractivity contribution in [1.29, 1.82) is 0 Å². The summed E-state index contributed by atoms with van der Waals surface area (Å²) < 4.78 is 24.8. The van der Waals surface area contributed by atoms with Crippen LogP contribution >= 0.6 is 0 Å². The molecule has 1 aromatic rings. The van der Waals surface area contributed by atoms with Crippen LogP contribution in [0.5, 0.6) is 0 Å². The standard InChI is InChI=1S/C20H34N4O2S/c1-5-17-7-9-19(10-8-17)16(3)23-20(21-6-2)22-15-18-11-13-24(14-12-18)27(4,25)26/h7-10,16,18H,5-6,11-15H2,1-4H3,(H2,21,22,23). The van der Waals surface area contributed by atoms with Gasteiger partial charge in [0.1, 0.15) is 0 Å². The molecule has 2 rings (SSSR count). The van der Waals surface area contributed by atoms with E-state index in [-0.39, 0.29) is 6.04 Å². The highest BCUT2D eigenvalue weighted by Gasteiger charge is 2.24. The second kappa shape index (κ2) is 10.1. The summed E-state index contributed by atoms with van der Waals surface area (Å²) in [5, 5.41) is 6.79. The summed E-state index contributed by atoms with van der Waals surface area (Å²) in [6.45, 7) is 9.08. The van der Waals surface area contributed by atoms with E-state index in [1.807, 2.05) is 0 Å². The number of sulfonamides is 1. The zero-order valence-corrected chi connectivity index (χ0v) is 17.8. The van der Waals surface area contributed by atoms with Crippen molar-refractivity contribution in [2.45, 2.75) is 46.1 Å². The number of piperidine rings is 1. The lowest BCUT2D eigenvalue weighted by Gasteiger charge is -2.29. The van der Waals surface area contributed by atoms with Crippen molar-refractivity contribution >= 4 is 16.0 Å². The van der Waals surface area contributed by atoms with Gasteiger partial charge in [0.25, 0.3) is 0 Å². The van der Waals surface area contributed by atoms with Gasteiger partial charge < -0.3 is 10.6 Å². The van der Waals surface area contributed by atoms with Gasteiger partial charge in [-0.05, 0) is 50.2 Å². The number of nitrogens with zero attached hydrogens (tertiary/aromatic N) is 2. The van der Waals surface area contributed by atoms with E-state index in [1.54, 1.807) is 4.31 Å². The molecule has 0 spiro atoms. The van der Waals surface area contributed by atoms with E-state index < -0.39 is 10.0 Å². The molecule has 6 nitrogen and oxygen atoms in total. The number of hydrogen-bond donors (Lipinski definition) is 2. The fourth-order valence-corrected chi connectivity index (χ4v) is 4.17. The molecule has 1 aliphatic rings. The number of nitrogens with one attached hydrogen (secondary N) is 2. The van der Waals surface area contributed by atoms with E-state index in [4.69, 9.17) is 4.99 Å². The molecular weight excluding hydrogens is 360 g/mol. The molecule has 1 fully saturated rings. The summed E-state index contributed by atoms with van der Waals surface area (Å²) in [7, 11) is -3.07. The maximum atomic E-state index is 11.6. The zero-order valence-electron chi connectivity index (χ0n) is 17.0. The van der Waals surface area contributed by atoms with Crippen LogP contribution in [-0.2, 0) is 16.4 Å². The van der Waals surface area contributed by atoms with E-state index in [1.165, 1.54) is 17.4 Å². The topological polar surface area (TPSA) is 73.8 Å². The Balaban J connectivity index is 1.91. The molecule has 7 heteroatoms. The van der Waals surface area contributed by atoms with Gasteiger partial charge in [0.05, 0.1) is 12.3 Å². The zero-order chi connectivity index (χ0) is 19.9. The molecule has 27 heavy (non-hydrogen) atoms. The van der Waals surface area contributed by atoms with Crippen molar-refractivity contribution in [2.75, 3.05) is 32.4 Å². The van der Waals surface area contributed by atoms with Crippen LogP contribution in [0.3, 0.4) is 0 Å². The number of guanidine groups is 1. The largest absolute Gasteiger partial charge is 0.357 e. The fraction of sp³-hybridized carbons (Fsp3) is 0.650. The van der Waals surface area contributed by atoms with E-state index >= 15 is 0 Å². The maximum Gasteiger partial charge on any atom is 0.211 e. The van der Waals surface area contributed by atoms with Crippen LogP contribution in [0.15, 0.2) is 29.3 Å². The summed E-state index contributed by atoms with van der Waals surface area (Å²) >= 11 is 0. The smallest absolute Gasteiger partial charge is 0.211 e. The van der Waals surface area contributed by atoms with Crippen LogP contribution in [-0.4, -0.2) is 51.1 Å². The van der Waals surface area contributed by atoms with Crippen molar-refractivity contribution in [3.05, 3.63) is 35.4 Å². The molecule has 0 radical (unpaired) electrons. The monoisotopic (exact) mass is 394 g/mol. The Hall–Kier alpha value is -1.60.